The SMILES string of the molecule is C=C1CCN(c2ncnc3c2ccn3C)CC1. The summed E-state index contributed by atoms with van der Waals surface area (Å²) in [5.74, 6) is 1.06. The van der Waals surface area contributed by atoms with Crippen molar-refractivity contribution in [1.82, 2.24) is 14.5 Å². The van der Waals surface area contributed by atoms with E-state index in [9.17, 15) is 0 Å². The number of anilines is 1. The Morgan fingerprint density at radius 3 is 2.76 bits per heavy atom. The molecule has 0 amide bonds. The lowest BCUT2D eigenvalue weighted by atomic mass is 10.1. The van der Waals surface area contributed by atoms with Crippen LogP contribution in [0.5, 0.6) is 0 Å². The van der Waals surface area contributed by atoms with Crippen molar-refractivity contribution in [2.45, 2.75) is 12.8 Å². The summed E-state index contributed by atoms with van der Waals surface area (Å²) in [7, 11) is 2.01. The maximum Gasteiger partial charge on any atom is 0.145 e. The van der Waals surface area contributed by atoms with Crippen LogP contribution >= 0.6 is 0 Å². The molecule has 0 atom stereocenters. The monoisotopic (exact) mass is 228 g/mol. The molecule has 0 radical (unpaired) electrons. The van der Waals surface area contributed by atoms with Crippen LogP contribution in [0.25, 0.3) is 11.0 Å². The molecule has 0 saturated carbocycles. The number of fused-ring (bicyclic) bond motifs is 1. The van der Waals surface area contributed by atoms with Crippen LogP contribution in [0.1, 0.15) is 12.8 Å². The van der Waals surface area contributed by atoms with Crippen LogP contribution < -0.4 is 4.90 Å². The molecule has 0 spiro atoms. The van der Waals surface area contributed by atoms with Crippen molar-refractivity contribution in [3.05, 3.63) is 30.7 Å². The van der Waals surface area contributed by atoms with Crippen molar-refractivity contribution in [3.8, 4) is 0 Å². The third kappa shape index (κ3) is 1.69. The summed E-state index contributed by atoms with van der Waals surface area (Å²) in [6.07, 6.45) is 5.82. The predicted molar refractivity (Wildman–Crippen MR) is 69.1 cm³/mol. The zero-order valence-corrected chi connectivity index (χ0v) is 10.1. The number of rotatable bonds is 1. The molecule has 3 heterocycles. The smallest absolute Gasteiger partial charge is 0.145 e. The molecular weight excluding hydrogens is 212 g/mol. The van der Waals surface area contributed by atoms with Gasteiger partial charge in [0, 0.05) is 26.3 Å². The molecule has 1 aliphatic rings. The summed E-state index contributed by atoms with van der Waals surface area (Å²) in [4.78, 5) is 11.1. The van der Waals surface area contributed by atoms with Crippen molar-refractivity contribution in [1.29, 1.82) is 0 Å². The Hall–Kier alpha value is -1.84. The Labute approximate surface area is 101 Å². The van der Waals surface area contributed by atoms with Gasteiger partial charge in [0.05, 0.1) is 5.39 Å². The van der Waals surface area contributed by atoms with E-state index in [0.717, 1.165) is 42.8 Å². The minimum Gasteiger partial charge on any atom is -0.355 e. The predicted octanol–water partition coefficient (Wildman–Crippen LogP) is 2.12. The highest BCUT2D eigenvalue weighted by Crippen LogP contribution is 2.26. The van der Waals surface area contributed by atoms with Crippen molar-refractivity contribution in [2.75, 3.05) is 18.0 Å². The molecule has 0 bridgehead atoms. The minimum atomic E-state index is 0.999. The molecule has 88 valence electrons. The number of nitrogens with zero attached hydrogens (tertiary/aromatic N) is 4. The standard InChI is InChI=1S/C13H16N4/c1-10-3-7-17(8-4-10)13-11-5-6-16(2)12(11)14-9-15-13/h5-6,9H,1,3-4,7-8H2,2H3. The van der Waals surface area contributed by atoms with E-state index in [1.807, 2.05) is 17.8 Å². The first-order valence-electron chi connectivity index (χ1n) is 5.93. The minimum absolute atomic E-state index is 0.999. The van der Waals surface area contributed by atoms with Gasteiger partial charge in [0.25, 0.3) is 0 Å². The number of hydrogen-bond acceptors (Lipinski definition) is 3. The van der Waals surface area contributed by atoms with Crippen molar-refractivity contribution < 1.29 is 0 Å². The van der Waals surface area contributed by atoms with Crippen molar-refractivity contribution in [2.24, 2.45) is 7.05 Å². The van der Waals surface area contributed by atoms with E-state index >= 15 is 0 Å². The van der Waals surface area contributed by atoms with Gasteiger partial charge >= 0.3 is 0 Å². The van der Waals surface area contributed by atoms with E-state index in [0.29, 0.717) is 0 Å². The average Bonchev–Trinajstić information content (AvgIpc) is 2.73. The van der Waals surface area contributed by atoms with Gasteiger partial charge in [0.1, 0.15) is 17.8 Å². The third-order valence-electron chi connectivity index (χ3n) is 3.41. The molecule has 0 aliphatic carbocycles. The molecule has 0 aromatic carbocycles. The Bertz CT molecular complexity index is 560. The summed E-state index contributed by atoms with van der Waals surface area (Å²) in [5.41, 5.74) is 2.35. The Morgan fingerprint density at radius 2 is 2.00 bits per heavy atom. The fraction of sp³-hybridized carbons (Fsp3) is 0.385. The molecule has 1 aliphatic heterocycles. The van der Waals surface area contributed by atoms with E-state index in [-0.39, 0.29) is 0 Å². The lowest BCUT2D eigenvalue weighted by Gasteiger charge is -2.29. The van der Waals surface area contributed by atoms with Gasteiger partial charge in [-0.1, -0.05) is 12.2 Å². The molecule has 4 heteroatoms. The highest BCUT2D eigenvalue weighted by Gasteiger charge is 2.17. The van der Waals surface area contributed by atoms with Crippen molar-refractivity contribution >= 4 is 16.9 Å². The van der Waals surface area contributed by atoms with Gasteiger partial charge in [-0.3, -0.25) is 0 Å². The zero-order valence-electron chi connectivity index (χ0n) is 10.1. The average molecular weight is 228 g/mol. The first-order valence-corrected chi connectivity index (χ1v) is 5.93. The first kappa shape index (κ1) is 10.3. The second-order valence-corrected chi connectivity index (χ2v) is 4.60. The van der Waals surface area contributed by atoms with Crippen LogP contribution in [-0.2, 0) is 7.05 Å². The molecule has 1 fully saturated rings. The maximum absolute atomic E-state index is 4.44. The van der Waals surface area contributed by atoms with Crippen LogP contribution in [0.2, 0.25) is 0 Å². The van der Waals surface area contributed by atoms with Gasteiger partial charge in [-0.15, -0.1) is 0 Å². The van der Waals surface area contributed by atoms with E-state index in [2.05, 4.69) is 27.5 Å². The molecular formula is C13H16N4. The van der Waals surface area contributed by atoms with E-state index < -0.39 is 0 Å². The summed E-state index contributed by atoms with van der Waals surface area (Å²) in [6, 6.07) is 2.09. The van der Waals surface area contributed by atoms with Crippen LogP contribution in [0.15, 0.2) is 30.7 Å². The topological polar surface area (TPSA) is 34.0 Å². The molecule has 2 aromatic rings. The van der Waals surface area contributed by atoms with E-state index in [4.69, 9.17) is 0 Å². The molecule has 17 heavy (non-hydrogen) atoms. The van der Waals surface area contributed by atoms with Gasteiger partial charge in [0.15, 0.2) is 0 Å². The van der Waals surface area contributed by atoms with Gasteiger partial charge in [-0.05, 0) is 18.9 Å². The van der Waals surface area contributed by atoms with Gasteiger partial charge in [0.2, 0.25) is 0 Å². The molecule has 3 rings (SSSR count). The van der Waals surface area contributed by atoms with Gasteiger partial charge in [-0.2, -0.15) is 0 Å². The maximum atomic E-state index is 4.44. The van der Waals surface area contributed by atoms with Gasteiger partial charge < -0.3 is 9.47 Å². The van der Waals surface area contributed by atoms with Crippen LogP contribution in [0, 0.1) is 0 Å². The van der Waals surface area contributed by atoms with Crippen molar-refractivity contribution in [3.63, 3.8) is 0 Å². The highest BCUT2D eigenvalue weighted by molar-refractivity contribution is 5.87. The summed E-state index contributed by atoms with van der Waals surface area (Å²) in [6.45, 7) is 6.07. The fourth-order valence-electron chi connectivity index (χ4n) is 2.35. The third-order valence-corrected chi connectivity index (χ3v) is 3.41. The summed E-state index contributed by atoms with van der Waals surface area (Å²) < 4.78 is 2.03. The second kappa shape index (κ2) is 3.87. The zero-order chi connectivity index (χ0) is 11.8. The number of piperidine rings is 1. The lowest BCUT2D eigenvalue weighted by Crippen LogP contribution is -2.31. The fourth-order valence-corrected chi connectivity index (χ4v) is 2.35. The molecule has 2 aromatic heterocycles. The molecule has 0 N–H and O–H groups in total. The summed E-state index contributed by atoms with van der Waals surface area (Å²) >= 11 is 0. The Kier molecular flexibility index (Phi) is 2.35. The van der Waals surface area contributed by atoms with Crippen LogP contribution in [0.4, 0.5) is 5.82 Å². The normalized spacial score (nSPS) is 16.8. The number of aryl methyl sites for hydroxylation is 1. The molecule has 4 nitrogen and oxygen atoms in total. The van der Waals surface area contributed by atoms with E-state index in [1.54, 1.807) is 6.33 Å². The number of hydrogen-bond donors (Lipinski definition) is 0. The Morgan fingerprint density at radius 1 is 1.24 bits per heavy atom. The summed E-state index contributed by atoms with van der Waals surface area (Å²) in [5, 5.41) is 1.14. The molecule has 1 saturated heterocycles. The van der Waals surface area contributed by atoms with Crippen LogP contribution in [0.3, 0.4) is 0 Å². The first-order chi connectivity index (χ1) is 8.25. The number of aromatic nitrogens is 3. The van der Waals surface area contributed by atoms with E-state index in [1.165, 1.54) is 5.57 Å². The second-order valence-electron chi connectivity index (χ2n) is 4.60. The molecule has 0 unspecified atom stereocenters. The highest BCUT2D eigenvalue weighted by atomic mass is 15.2. The largest absolute Gasteiger partial charge is 0.355 e. The quantitative estimate of drug-likeness (QED) is 0.701. The Balaban J connectivity index is 2.02. The van der Waals surface area contributed by atoms with Crippen LogP contribution in [-0.4, -0.2) is 27.6 Å². The van der Waals surface area contributed by atoms with Gasteiger partial charge in [-0.25, -0.2) is 9.97 Å². The lowest BCUT2D eigenvalue weighted by molar-refractivity contribution is 0.681.